The van der Waals surface area contributed by atoms with Gasteiger partial charge in [-0.3, -0.25) is 0 Å². The minimum absolute atomic E-state index is 0.159. The highest BCUT2D eigenvalue weighted by molar-refractivity contribution is 5.97. The maximum absolute atomic E-state index is 8.95. The summed E-state index contributed by atoms with van der Waals surface area (Å²) in [5.41, 5.74) is 3.32. The fourth-order valence-electron chi connectivity index (χ4n) is 2.36. The van der Waals surface area contributed by atoms with E-state index in [-0.39, 0.29) is 5.41 Å². The molecule has 0 saturated heterocycles. The molecule has 0 spiro atoms. The second-order valence-corrected chi connectivity index (χ2v) is 5.57. The van der Waals surface area contributed by atoms with Gasteiger partial charge in [-0.05, 0) is 35.5 Å². The Morgan fingerprint density at radius 1 is 1.11 bits per heavy atom. The molecule has 2 rings (SSSR count). The van der Waals surface area contributed by atoms with Crippen LogP contribution in [0, 0.1) is 5.41 Å². The first kappa shape index (κ1) is 12.6. The maximum Gasteiger partial charge on any atom is 0.0803 e. The van der Waals surface area contributed by atoms with Gasteiger partial charge in [-0.25, -0.2) is 0 Å². The van der Waals surface area contributed by atoms with E-state index in [9.17, 15) is 0 Å². The summed E-state index contributed by atoms with van der Waals surface area (Å²) in [6, 6.07) is 10.2. The number of benzene rings is 1. The molecular weight excluding hydrogens is 222 g/mol. The Bertz CT molecular complexity index is 495. The molecule has 94 valence electrons. The average molecular weight is 241 g/mol. The Morgan fingerprint density at radius 2 is 1.83 bits per heavy atom. The quantitative estimate of drug-likeness (QED) is 0.608. The smallest absolute Gasteiger partial charge is 0.0803 e. The van der Waals surface area contributed by atoms with Crippen LogP contribution in [0.4, 0.5) is 0 Å². The van der Waals surface area contributed by atoms with Crippen molar-refractivity contribution in [1.82, 2.24) is 0 Å². The minimum atomic E-state index is 0.159. The van der Waals surface area contributed by atoms with Gasteiger partial charge in [0, 0.05) is 0 Å². The lowest BCUT2D eigenvalue weighted by atomic mass is 9.76. The molecule has 0 unspecified atom stereocenters. The van der Waals surface area contributed by atoms with E-state index in [0.717, 1.165) is 18.6 Å². The summed E-state index contributed by atoms with van der Waals surface area (Å²) in [5, 5.41) is 12.3. The molecule has 0 aliphatic heterocycles. The Labute approximate surface area is 108 Å². The van der Waals surface area contributed by atoms with E-state index in [1.54, 1.807) is 0 Å². The number of oxime groups is 1. The molecule has 0 fully saturated rings. The van der Waals surface area contributed by atoms with Crippen molar-refractivity contribution < 1.29 is 5.21 Å². The van der Waals surface area contributed by atoms with E-state index in [4.69, 9.17) is 5.21 Å². The first-order valence-corrected chi connectivity index (χ1v) is 6.24. The molecule has 2 heteroatoms. The van der Waals surface area contributed by atoms with Gasteiger partial charge in [0.2, 0.25) is 0 Å². The summed E-state index contributed by atoms with van der Waals surface area (Å²) in [5.74, 6) is 0. The molecule has 0 radical (unpaired) electrons. The van der Waals surface area contributed by atoms with Crippen LogP contribution in [0.2, 0.25) is 0 Å². The van der Waals surface area contributed by atoms with Crippen LogP contribution in [0.25, 0.3) is 6.08 Å². The molecule has 1 aliphatic rings. The van der Waals surface area contributed by atoms with Gasteiger partial charge in [-0.15, -0.1) is 0 Å². The molecule has 1 aliphatic carbocycles. The van der Waals surface area contributed by atoms with Gasteiger partial charge in [-0.1, -0.05) is 61.5 Å². The van der Waals surface area contributed by atoms with Crippen LogP contribution in [0.3, 0.4) is 0 Å². The monoisotopic (exact) mass is 241 g/mol. The molecule has 0 atom stereocenters. The topological polar surface area (TPSA) is 32.6 Å². The number of hydrogen-bond acceptors (Lipinski definition) is 2. The highest BCUT2D eigenvalue weighted by Crippen LogP contribution is 2.34. The van der Waals surface area contributed by atoms with Crippen molar-refractivity contribution >= 4 is 11.8 Å². The molecule has 0 amide bonds. The summed E-state index contributed by atoms with van der Waals surface area (Å²) >= 11 is 0. The number of nitrogens with zero attached hydrogens (tertiary/aromatic N) is 1. The molecular formula is C16H19NO. The van der Waals surface area contributed by atoms with E-state index in [1.807, 2.05) is 24.3 Å². The molecule has 0 saturated carbocycles. The molecule has 1 aromatic carbocycles. The Kier molecular flexibility index (Phi) is 3.66. The van der Waals surface area contributed by atoms with Crippen molar-refractivity contribution in [3.8, 4) is 0 Å². The molecule has 2 nitrogen and oxygen atoms in total. The van der Waals surface area contributed by atoms with Crippen molar-refractivity contribution in [1.29, 1.82) is 0 Å². The Hall–Kier alpha value is -1.83. The average Bonchev–Trinajstić information content (AvgIpc) is 2.36. The summed E-state index contributed by atoms with van der Waals surface area (Å²) in [7, 11) is 0. The van der Waals surface area contributed by atoms with E-state index >= 15 is 0 Å². The van der Waals surface area contributed by atoms with E-state index in [1.165, 1.54) is 11.1 Å². The van der Waals surface area contributed by atoms with Crippen molar-refractivity contribution in [2.75, 3.05) is 0 Å². The lowest BCUT2D eigenvalue weighted by Crippen LogP contribution is -2.21. The predicted molar refractivity (Wildman–Crippen MR) is 75.8 cm³/mol. The van der Waals surface area contributed by atoms with E-state index in [0.29, 0.717) is 0 Å². The normalized spacial score (nSPS) is 21.2. The largest absolute Gasteiger partial charge is 0.411 e. The van der Waals surface area contributed by atoms with Crippen LogP contribution in [0.5, 0.6) is 0 Å². The van der Waals surface area contributed by atoms with Gasteiger partial charge in [0.15, 0.2) is 0 Å². The number of hydrogen-bond donors (Lipinski definition) is 1. The SMILES string of the molecule is CC1(C)CC(C=Cc2ccccc2)=CC(=NO)C1. The van der Waals surface area contributed by atoms with Crippen LogP contribution in [0.15, 0.2) is 53.2 Å². The fraction of sp³-hybridized carbons (Fsp3) is 0.312. The van der Waals surface area contributed by atoms with E-state index in [2.05, 4.69) is 43.3 Å². The zero-order valence-corrected chi connectivity index (χ0v) is 10.9. The standard InChI is InChI=1S/C16H19NO/c1-16(2)11-14(10-15(12-16)17-18)9-8-13-6-4-3-5-7-13/h3-10,18H,11-12H2,1-2H3. The lowest BCUT2D eigenvalue weighted by Gasteiger charge is -2.28. The lowest BCUT2D eigenvalue weighted by molar-refractivity contribution is 0.308. The molecule has 1 aromatic rings. The van der Waals surface area contributed by atoms with Crippen LogP contribution in [-0.2, 0) is 0 Å². The van der Waals surface area contributed by atoms with Crippen molar-refractivity contribution in [2.24, 2.45) is 10.6 Å². The second-order valence-electron chi connectivity index (χ2n) is 5.57. The van der Waals surface area contributed by atoms with Gasteiger partial charge in [0.1, 0.15) is 0 Å². The van der Waals surface area contributed by atoms with Gasteiger partial charge >= 0.3 is 0 Å². The summed E-state index contributed by atoms with van der Waals surface area (Å²) in [6.45, 7) is 4.39. The van der Waals surface area contributed by atoms with E-state index < -0.39 is 0 Å². The zero-order chi connectivity index (χ0) is 13.0. The third-order valence-electron chi connectivity index (χ3n) is 3.11. The highest BCUT2D eigenvalue weighted by atomic mass is 16.4. The van der Waals surface area contributed by atoms with Gasteiger partial charge in [0.05, 0.1) is 5.71 Å². The number of rotatable bonds is 2. The molecule has 0 bridgehead atoms. The molecule has 0 aromatic heterocycles. The van der Waals surface area contributed by atoms with Crippen LogP contribution < -0.4 is 0 Å². The predicted octanol–water partition coefficient (Wildman–Crippen LogP) is 4.28. The third-order valence-corrected chi connectivity index (χ3v) is 3.11. The zero-order valence-electron chi connectivity index (χ0n) is 10.9. The highest BCUT2D eigenvalue weighted by Gasteiger charge is 2.25. The van der Waals surface area contributed by atoms with Crippen LogP contribution >= 0.6 is 0 Å². The second kappa shape index (κ2) is 5.21. The first-order chi connectivity index (χ1) is 8.59. The summed E-state index contributed by atoms with van der Waals surface area (Å²) < 4.78 is 0. The molecule has 18 heavy (non-hydrogen) atoms. The molecule has 0 heterocycles. The van der Waals surface area contributed by atoms with Crippen molar-refractivity contribution in [3.05, 3.63) is 53.6 Å². The summed E-state index contributed by atoms with van der Waals surface area (Å²) in [4.78, 5) is 0. The summed E-state index contributed by atoms with van der Waals surface area (Å²) in [6.07, 6.45) is 8.02. The van der Waals surface area contributed by atoms with Gasteiger partial charge < -0.3 is 5.21 Å². The van der Waals surface area contributed by atoms with Gasteiger partial charge in [0.25, 0.3) is 0 Å². The maximum atomic E-state index is 8.95. The first-order valence-electron chi connectivity index (χ1n) is 6.24. The van der Waals surface area contributed by atoms with Gasteiger partial charge in [-0.2, -0.15) is 0 Å². The van der Waals surface area contributed by atoms with Crippen molar-refractivity contribution in [3.63, 3.8) is 0 Å². The van der Waals surface area contributed by atoms with Crippen LogP contribution in [0.1, 0.15) is 32.3 Å². The van der Waals surface area contributed by atoms with Crippen LogP contribution in [-0.4, -0.2) is 10.9 Å². The Balaban J connectivity index is 2.18. The molecule has 1 N–H and O–H groups in total. The third kappa shape index (κ3) is 3.33. The minimum Gasteiger partial charge on any atom is -0.411 e. The number of allylic oxidation sites excluding steroid dienone is 3. The fourth-order valence-corrected chi connectivity index (χ4v) is 2.36. The van der Waals surface area contributed by atoms with Crippen molar-refractivity contribution in [2.45, 2.75) is 26.7 Å². The Morgan fingerprint density at radius 3 is 2.50 bits per heavy atom.